The zero-order chi connectivity index (χ0) is 11.5. The number of hydrogen-bond donors (Lipinski definition) is 2. The van der Waals surface area contributed by atoms with Gasteiger partial charge in [0, 0.05) is 12.6 Å². The van der Waals surface area contributed by atoms with Crippen LogP contribution in [0.3, 0.4) is 0 Å². The summed E-state index contributed by atoms with van der Waals surface area (Å²) in [7, 11) is 0. The predicted molar refractivity (Wildman–Crippen MR) is 63.7 cm³/mol. The van der Waals surface area contributed by atoms with Crippen molar-refractivity contribution in [3.8, 4) is 0 Å². The average Bonchev–Trinajstić information content (AvgIpc) is 3.10. The van der Waals surface area contributed by atoms with E-state index in [4.69, 9.17) is 11.1 Å². The minimum atomic E-state index is 0.0617. The Labute approximate surface area is 95.2 Å². The summed E-state index contributed by atoms with van der Waals surface area (Å²) in [5.74, 6) is 0.825. The highest BCUT2D eigenvalue weighted by molar-refractivity contribution is 5.99. The fourth-order valence-corrected chi connectivity index (χ4v) is 1.84. The maximum absolute atomic E-state index is 7.55. The molecule has 0 aliphatic heterocycles. The average molecular weight is 219 g/mol. The number of aromatic nitrogens is 2. The first-order valence-corrected chi connectivity index (χ1v) is 5.66. The van der Waals surface area contributed by atoms with Crippen LogP contribution in [0.5, 0.6) is 0 Å². The van der Waals surface area contributed by atoms with Crippen LogP contribution in [-0.2, 0) is 0 Å². The van der Waals surface area contributed by atoms with E-state index in [1.807, 2.05) is 0 Å². The summed E-state index contributed by atoms with van der Waals surface area (Å²) in [6.07, 6.45) is 5.05. The molecule has 0 spiro atoms. The van der Waals surface area contributed by atoms with Gasteiger partial charge in [0.25, 0.3) is 0 Å². The molecule has 5 heteroatoms. The van der Waals surface area contributed by atoms with Gasteiger partial charge in [-0.15, -0.1) is 5.10 Å². The van der Waals surface area contributed by atoms with Crippen molar-refractivity contribution in [3.05, 3.63) is 17.8 Å². The van der Waals surface area contributed by atoms with Crippen molar-refractivity contribution in [3.63, 3.8) is 0 Å². The molecule has 1 aliphatic rings. The zero-order valence-electron chi connectivity index (χ0n) is 9.48. The topological polar surface area (TPSA) is 78.9 Å². The van der Waals surface area contributed by atoms with E-state index >= 15 is 0 Å². The van der Waals surface area contributed by atoms with E-state index in [-0.39, 0.29) is 5.84 Å². The Bertz CT molecular complexity index is 386. The van der Waals surface area contributed by atoms with Gasteiger partial charge < -0.3 is 10.6 Å². The monoisotopic (exact) mass is 219 g/mol. The summed E-state index contributed by atoms with van der Waals surface area (Å²) in [5, 5.41) is 15.6. The van der Waals surface area contributed by atoms with Crippen molar-refractivity contribution < 1.29 is 0 Å². The Morgan fingerprint density at radius 1 is 1.62 bits per heavy atom. The Morgan fingerprint density at radius 3 is 2.94 bits per heavy atom. The molecule has 0 bridgehead atoms. The molecule has 3 N–H and O–H groups in total. The molecule has 0 aromatic carbocycles. The van der Waals surface area contributed by atoms with Gasteiger partial charge in [0.1, 0.15) is 5.84 Å². The first kappa shape index (κ1) is 10.9. The molecule has 1 fully saturated rings. The molecule has 0 unspecified atom stereocenters. The highest BCUT2D eigenvalue weighted by Gasteiger charge is 2.31. The number of hydrogen-bond acceptors (Lipinski definition) is 4. The Kier molecular flexibility index (Phi) is 3.03. The van der Waals surface area contributed by atoms with Crippen molar-refractivity contribution in [2.75, 3.05) is 11.4 Å². The van der Waals surface area contributed by atoms with E-state index in [1.54, 1.807) is 12.3 Å². The van der Waals surface area contributed by atoms with Gasteiger partial charge in [0.15, 0.2) is 5.82 Å². The molecule has 86 valence electrons. The van der Waals surface area contributed by atoms with Crippen LogP contribution in [0.25, 0.3) is 0 Å². The van der Waals surface area contributed by atoms with E-state index in [9.17, 15) is 0 Å². The SMILES string of the molecule is CCCN(c1nnccc1C(=N)N)C1CC1. The van der Waals surface area contributed by atoms with Crippen LogP contribution in [0.1, 0.15) is 31.7 Å². The van der Waals surface area contributed by atoms with E-state index in [0.717, 1.165) is 18.8 Å². The second kappa shape index (κ2) is 4.47. The molecule has 2 rings (SSSR count). The Balaban J connectivity index is 2.32. The normalized spacial score (nSPS) is 14.8. The van der Waals surface area contributed by atoms with Crippen LogP contribution < -0.4 is 10.6 Å². The van der Waals surface area contributed by atoms with Crippen LogP contribution in [-0.4, -0.2) is 28.6 Å². The molecule has 16 heavy (non-hydrogen) atoms. The summed E-state index contributed by atoms with van der Waals surface area (Å²) in [6.45, 7) is 3.09. The lowest BCUT2D eigenvalue weighted by Crippen LogP contribution is -2.30. The van der Waals surface area contributed by atoms with Gasteiger partial charge in [0.05, 0.1) is 11.8 Å². The van der Waals surface area contributed by atoms with Crippen molar-refractivity contribution in [2.45, 2.75) is 32.2 Å². The van der Waals surface area contributed by atoms with Gasteiger partial charge in [-0.05, 0) is 25.3 Å². The lowest BCUT2D eigenvalue weighted by Gasteiger charge is -2.24. The summed E-state index contributed by atoms with van der Waals surface area (Å²) >= 11 is 0. The minimum Gasteiger partial charge on any atom is -0.384 e. The maximum atomic E-state index is 7.55. The second-order valence-corrected chi connectivity index (χ2v) is 4.11. The fraction of sp³-hybridized carbons (Fsp3) is 0.545. The van der Waals surface area contributed by atoms with Crippen molar-refractivity contribution >= 4 is 11.7 Å². The molecule has 0 saturated heterocycles. The van der Waals surface area contributed by atoms with E-state index in [2.05, 4.69) is 22.0 Å². The largest absolute Gasteiger partial charge is 0.384 e. The van der Waals surface area contributed by atoms with Gasteiger partial charge in [0.2, 0.25) is 0 Å². The molecule has 1 aromatic heterocycles. The number of rotatable bonds is 5. The number of nitrogens with zero attached hydrogens (tertiary/aromatic N) is 3. The molecule has 0 amide bonds. The quantitative estimate of drug-likeness (QED) is 0.575. The van der Waals surface area contributed by atoms with Crippen LogP contribution in [0, 0.1) is 5.41 Å². The Morgan fingerprint density at radius 2 is 2.38 bits per heavy atom. The number of nitrogens with two attached hydrogens (primary N) is 1. The smallest absolute Gasteiger partial charge is 0.162 e. The van der Waals surface area contributed by atoms with E-state index in [1.165, 1.54) is 12.8 Å². The third kappa shape index (κ3) is 2.13. The zero-order valence-corrected chi connectivity index (χ0v) is 9.48. The number of nitrogens with one attached hydrogen (secondary N) is 1. The third-order valence-electron chi connectivity index (χ3n) is 2.72. The first-order chi connectivity index (χ1) is 7.74. The predicted octanol–water partition coefficient (Wildman–Crippen LogP) is 1.14. The summed E-state index contributed by atoms with van der Waals surface area (Å²) < 4.78 is 0. The van der Waals surface area contributed by atoms with Crippen LogP contribution >= 0.6 is 0 Å². The highest BCUT2D eigenvalue weighted by atomic mass is 15.3. The van der Waals surface area contributed by atoms with E-state index in [0.29, 0.717) is 11.6 Å². The van der Waals surface area contributed by atoms with Gasteiger partial charge in [-0.3, -0.25) is 5.41 Å². The van der Waals surface area contributed by atoms with E-state index < -0.39 is 0 Å². The van der Waals surface area contributed by atoms with Crippen molar-refractivity contribution in [1.29, 1.82) is 5.41 Å². The van der Waals surface area contributed by atoms with Gasteiger partial charge in [-0.1, -0.05) is 6.92 Å². The molecular weight excluding hydrogens is 202 g/mol. The van der Waals surface area contributed by atoms with Gasteiger partial charge in [-0.25, -0.2) is 0 Å². The molecule has 1 aliphatic carbocycles. The third-order valence-corrected chi connectivity index (χ3v) is 2.72. The molecule has 1 heterocycles. The first-order valence-electron chi connectivity index (χ1n) is 5.66. The molecule has 5 nitrogen and oxygen atoms in total. The Hall–Kier alpha value is -1.65. The highest BCUT2D eigenvalue weighted by Crippen LogP contribution is 2.31. The second-order valence-electron chi connectivity index (χ2n) is 4.11. The number of nitrogen functional groups attached to an aromatic ring is 1. The van der Waals surface area contributed by atoms with Crippen LogP contribution in [0.15, 0.2) is 12.3 Å². The minimum absolute atomic E-state index is 0.0617. The van der Waals surface area contributed by atoms with Gasteiger partial charge >= 0.3 is 0 Å². The lowest BCUT2D eigenvalue weighted by molar-refractivity contribution is 0.739. The molecular formula is C11H17N5. The molecule has 0 atom stereocenters. The number of amidine groups is 1. The summed E-state index contributed by atoms with van der Waals surface area (Å²) in [5.41, 5.74) is 6.25. The van der Waals surface area contributed by atoms with Gasteiger partial charge in [-0.2, -0.15) is 5.10 Å². The summed E-state index contributed by atoms with van der Waals surface area (Å²) in [4.78, 5) is 2.23. The van der Waals surface area contributed by atoms with Crippen LogP contribution in [0.4, 0.5) is 5.82 Å². The summed E-state index contributed by atoms with van der Waals surface area (Å²) in [6, 6.07) is 2.32. The van der Waals surface area contributed by atoms with Crippen LogP contribution in [0.2, 0.25) is 0 Å². The molecule has 1 saturated carbocycles. The lowest BCUT2D eigenvalue weighted by atomic mass is 10.2. The van der Waals surface area contributed by atoms with Crippen molar-refractivity contribution in [1.82, 2.24) is 10.2 Å². The molecule has 1 aromatic rings. The van der Waals surface area contributed by atoms with Crippen molar-refractivity contribution in [2.24, 2.45) is 5.73 Å². The standard InChI is InChI=1S/C11H17N5/c1-2-7-16(8-3-4-8)11-9(10(12)13)5-6-14-15-11/h5-6,8H,2-4,7H2,1H3,(H3,12,13). The maximum Gasteiger partial charge on any atom is 0.162 e. The fourth-order valence-electron chi connectivity index (χ4n) is 1.84. The molecule has 0 radical (unpaired) electrons. The number of anilines is 1.